The minimum absolute atomic E-state index is 0.313. The number of hydrogen-bond donors (Lipinski definition) is 1. The van der Waals surface area contributed by atoms with Gasteiger partial charge >= 0.3 is 0 Å². The molecule has 2 rings (SSSR count). The summed E-state index contributed by atoms with van der Waals surface area (Å²) in [5.41, 5.74) is 1.81. The average molecular weight is 441 g/mol. The minimum atomic E-state index is -3.72. The van der Waals surface area contributed by atoms with Crippen LogP contribution in [-0.2, 0) is 14.8 Å². The van der Waals surface area contributed by atoms with Crippen LogP contribution in [0.4, 0.5) is 11.4 Å². The van der Waals surface area contributed by atoms with Gasteiger partial charge in [0, 0.05) is 9.92 Å². The minimum Gasteiger partial charge on any atom is -0.323 e. The van der Waals surface area contributed by atoms with Crippen LogP contribution in [0.25, 0.3) is 0 Å². The van der Waals surface area contributed by atoms with E-state index in [2.05, 4.69) is 5.32 Å². The molecule has 0 aliphatic carbocycles. The SMILES string of the molecule is CCSc1ccccc1NC(=O)C(CC)N(c1cc(Cl)ccc1C)S(C)(=O)=O. The van der Waals surface area contributed by atoms with E-state index >= 15 is 0 Å². The molecule has 2 aromatic carbocycles. The number of benzene rings is 2. The highest BCUT2D eigenvalue weighted by molar-refractivity contribution is 7.99. The topological polar surface area (TPSA) is 66.5 Å². The van der Waals surface area contributed by atoms with Crippen LogP contribution in [0.3, 0.4) is 0 Å². The van der Waals surface area contributed by atoms with Gasteiger partial charge in [-0.25, -0.2) is 8.42 Å². The number of halogens is 1. The number of hydrogen-bond acceptors (Lipinski definition) is 4. The molecule has 28 heavy (non-hydrogen) atoms. The van der Waals surface area contributed by atoms with Crippen molar-refractivity contribution in [1.82, 2.24) is 0 Å². The lowest BCUT2D eigenvalue weighted by Crippen LogP contribution is -2.47. The van der Waals surface area contributed by atoms with Crippen molar-refractivity contribution in [3.8, 4) is 0 Å². The van der Waals surface area contributed by atoms with Gasteiger partial charge in [-0.1, -0.05) is 43.6 Å². The normalized spacial score (nSPS) is 12.5. The number of amides is 1. The summed E-state index contributed by atoms with van der Waals surface area (Å²) in [7, 11) is -3.72. The number of thioether (sulfide) groups is 1. The maximum Gasteiger partial charge on any atom is 0.248 e. The molecule has 0 bridgehead atoms. The van der Waals surface area contributed by atoms with Gasteiger partial charge in [-0.2, -0.15) is 0 Å². The van der Waals surface area contributed by atoms with Crippen molar-refractivity contribution in [2.45, 2.75) is 38.1 Å². The van der Waals surface area contributed by atoms with E-state index in [-0.39, 0.29) is 5.91 Å². The third kappa shape index (κ3) is 5.43. The van der Waals surface area contributed by atoms with Crippen molar-refractivity contribution in [1.29, 1.82) is 0 Å². The predicted octanol–water partition coefficient (Wildman–Crippen LogP) is 4.94. The van der Waals surface area contributed by atoms with Crippen molar-refractivity contribution in [2.75, 3.05) is 21.6 Å². The molecule has 0 heterocycles. The van der Waals surface area contributed by atoms with Crippen molar-refractivity contribution in [3.05, 3.63) is 53.1 Å². The number of sulfonamides is 1. The molecule has 1 unspecified atom stereocenters. The Labute approximate surface area is 176 Å². The van der Waals surface area contributed by atoms with Gasteiger partial charge in [-0.05, 0) is 48.9 Å². The monoisotopic (exact) mass is 440 g/mol. The Morgan fingerprint density at radius 1 is 1.21 bits per heavy atom. The van der Waals surface area contributed by atoms with E-state index in [1.807, 2.05) is 31.2 Å². The van der Waals surface area contributed by atoms with Crippen LogP contribution in [0.15, 0.2) is 47.4 Å². The first-order valence-corrected chi connectivity index (χ1v) is 12.2. The number of nitrogens with one attached hydrogen (secondary N) is 1. The molecule has 0 aliphatic heterocycles. The van der Waals surface area contributed by atoms with Crippen molar-refractivity contribution in [2.24, 2.45) is 0 Å². The van der Waals surface area contributed by atoms with Crippen LogP contribution in [0.2, 0.25) is 5.02 Å². The highest BCUT2D eigenvalue weighted by Crippen LogP contribution is 2.31. The maximum atomic E-state index is 13.1. The van der Waals surface area contributed by atoms with Gasteiger partial charge < -0.3 is 5.32 Å². The Morgan fingerprint density at radius 3 is 2.50 bits per heavy atom. The number of rotatable bonds is 8. The molecule has 1 amide bonds. The summed E-state index contributed by atoms with van der Waals surface area (Å²) < 4.78 is 26.4. The third-order valence-electron chi connectivity index (χ3n) is 4.18. The van der Waals surface area contributed by atoms with Gasteiger partial charge in [0.05, 0.1) is 17.6 Å². The number of aryl methyl sites for hydroxylation is 1. The summed E-state index contributed by atoms with van der Waals surface area (Å²) in [6.07, 6.45) is 1.41. The molecule has 0 fully saturated rings. The molecular formula is C20H25ClN2O3S2. The number of nitrogens with zero attached hydrogens (tertiary/aromatic N) is 1. The third-order valence-corrected chi connectivity index (χ3v) is 6.54. The molecule has 0 aliphatic rings. The molecule has 2 aromatic rings. The second-order valence-electron chi connectivity index (χ2n) is 6.33. The lowest BCUT2D eigenvalue weighted by Gasteiger charge is -2.31. The zero-order valence-electron chi connectivity index (χ0n) is 16.4. The van der Waals surface area contributed by atoms with E-state index < -0.39 is 16.1 Å². The lowest BCUT2D eigenvalue weighted by molar-refractivity contribution is -0.117. The van der Waals surface area contributed by atoms with Gasteiger partial charge in [0.1, 0.15) is 6.04 Å². The smallest absolute Gasteiger partial charge is 0.248 e. The van der Waals surface area contributed by atoms with E-state index in [1.165, 1.54) is 4.31 Å². The van der Waals surface area contributed by atoms with E-state index in [0.717, 1.165) is 22.5 Å². The summed E-state index contributed by atoms with van der Waals surface area (Å²) in [4.78, 5) is 14.0. The zero-order valence-corrected chi connectivity index (χ0v) is 18.8. The summed E-state index contributed by atoms with van der Waals surface area (Å²) in [5, 5.41) is 3.32. The summed E-state index contributed by atoms with van der Waals surface area (Å²) >= 11 is 7.71. The molecule has 0 saturated carbocycles. The molecule has 5 nitrogen and oxygen atoms in total. The van der Waals surface area contributed by atoms with Gasteiger partial charge in [-0.15, -0.1) is 11.8 Å². The molecule has 1 N–H and O–H groups in total. The standard InChI is InChI=1S/C20H25ClN2O3S2/c1-5-17(20(24)22-16-9-7-8-10-19(16)27-6-2)23(28(4,25)26)18-13-15(21)12-11-14(18)3/h7-13,17H,5-6H2,1-4H3,(H,22,24). The molecule has 8 heteroatoms. The Bertz CT molecular complexity index is 948. The van der Waals surface area contributed by atoms with E-state index in [1.54, 1.807) is 43.8 Å². The van der Waals surface area contributed by atoms with Gasteiger partial charge in [-0.3, -0.25) is 9.10 Å². The van der Waals surface area contributed by atoms with Crippen molar-refractivity contribution >= 4 is 50.7 Å². The number of carbonyl (C=O) groups excluding carboxylic acids is 1. The van der Waals surface area contributed by atoms with Crippen LogP contribution in [0, 0.1) is 6.92 Å². The summed E-state index contributed by atoms with van der Waals surface area (Å²) in [6, 6.07) is 11.6. The second kappa shape index (κ2) is 9.67. The molecule has 152 valence electrons. The molecule has 0 radical (unpaired) electrons. The van der Waals surface area contributed by atoms with E-state index in [4.69, 9.17) is 11.6 Å². The van der Waals surface area contributed by atoms with Gasteiger partial charge in [0.15, 0.2) is 0 Å². The average Bonchev–Trinajstić information content (AvgIpc) is 2.62. The van der Waals surface area contributed by atoms with Gasteiger partial charge in [0.2, 0.25) is 15.9 Å². The Kier molecular flexibility index (Phi) is 7.80. The first kappa shape index (κ1) is 22.6. The number of anilines is 2. The lowest BCUT2D eigenvalue weighted by atomic mass is 10.1. The molecule has 0 saturated heterocycles. The van der Waals surface area contributed by atoms with E-state index in [0.29, 0.717) is 22.8 Å². The first-order valence-electron chi connectivity index (χ1n) is 8.97. The number of carbonyl (C=O) groups is 1. The fourth-order valence-electron chi connectivity index (χ4n) is 2.92. The quantitative estimate of drug-likeness (QED) is 0.590. The van der Waals surface area contributed by atoms with Gasteiger partial charge in [0.25, 0.3) is 0 Å². The van der Waals surface area contributed by atoms with Crippen LogP contribution < -0.4 is 9.62 Å². The van der Waals surface area contributed by atoms with Crippen molar-refractivity contribution < 1.29 is 13.2 Å². The first-order chi connectivity index (χ1) is 13.2. The highest BCUT2D eigenvalue weighted by atomic mass is 35.5. The zero-order chi connectivity index (χ0) is 20.9. The molecular weight excluding hydrogens is 416 g/mol. The van der Waals surface area contributed by atoms with Crippen LogP contribution in [-0.4, -0.2) is 32.4 Å². The second-order valence-corrected chi connectivity index (χ2v) is 9.93. The predicted molar refractivity (Wildman–Crippen MR) is 119 cm³/mol. The summed E-state index contributed by atoms with van der Waals surface area (Å²) in [5.74, 6) is 0.484. The number of para-hydroxylation sites is 1. The van der Waals surface area contributed by atoms with E-state index in [9.17, 15) is 13.2 Å². The summed E-state index contributed by atoms with van der Waals surface area (Å²) in [6.45, 7) is 5.61. The van der Waals surface area contributed by atoms with Crippen LogP contribution >= 0.6 is 23.4 Å². The maximum absolute atomic E-state index is 13.1. The molecule has 0 aromatic heterocycles. The molecule has 1 atom stereocenters. The highest BCUT2D eigenvalue weighted by Gasteiger charge is 2.32. The Hall–Kier alpha value is -1.70. The van der Waals surface area contributed by atoms with Crippen molar-refractivity contribution in [3.63, 3.8) is 0 Å². The van der Waals surface area contributed by atoms with Crippen LogP contribution in [0.5, 0.6) is 0 Å². The fraction of sp³-hybridized carbons (Fsp3) is 0.350. The Balaban J connectivity index is 2.44. The fourth-order valence-corrected chi connectivity index (χ4v) is 5.11. The largest absolute Gasteiger partial charge is 0.323 e. The molecule has 0 spiro atoms. The van der Waals surface area contributed by atoms with Crippen LogP contribution in [0.1, 0.15) is 25.8 Å². The Morgan fingerprint density at radius 2 is 1.89 bits per heavy atom.